The maximum atomic E-state index is 13.0. The Bertz CT molecular complexity index is 819. The van der Waals surface area contributed by atoms with E-state index in [1.807, 2.05) is 36.4 Å². The fourth-order valence-corrected chi connectivity index (χ4v) is 2.95. The first-order valence-corrected chi connectivity index (χ1v) is 7.53. The Morgan fingerprint density at radius 1 is 1.12 bits per heavy atom. The molecule has 2 aromatic rings. The van der Waals surface area contributed by atoms with Crippen LogP contribution in [0.1, 0.15) is 18.1 Å². The fraction of sp³-hybridized carbons (Fsp3) is 0.167. The number of nitrogens with zero attached hydrogens (tertiary/aromatic N) is 1. The van der Waals surface area contributed by atoms with Crippen molar-refractivity contribution in [1.82, 2.24) is 10.2 Å². The van der Waals surface area contributed by atoms with E-state index in [-0.39, 0.29) is 17.8 Å². The Balaban J connectivity index is 2.19. The first-order valence-electron chi connectivity index (χ1n) is 7.53. The standard InChI is InChI=1S/C18H18N4O2/c1-12(23)20-15-10-6-9-14(11-15)18(13-7-4-3-5-8-13)16(24)22(2)17(19)21-18/h3-11H,1-2H3,(H2,19,21)(H,20,23). The quantitative estimate of drug-likeness (QED) is 0.806. The van der Waals surface area contributed by atoms with Crippen LogP contribution in [0.5, 0.6) is 0 Å². The zero-order valence-corrected chi connectivity index (χ0v) is 13.5. The van der Waals surface area contributed by atoms with E-state index in [0.717, 1.165) is 5.56 Å². The van der Waals surface area contributed by atoms with Crippen LogP contribution in [0.2, 0.25) is 0 Å². The maximum absolute atomic E-state index is 13.0. The number of benzene rings is 2. The third kappa shape index (κ3) is 2.42. The molecule has 1 unspecified atom stereocenters. The van der Waals surface area contributed by atoms with Crippen LogP contribution in [0.25, 0.3) is 0 Å². The molecule has 0 spiro atoms. The molecule has 3 rings (SSSR count). The second-order valence-electron chi connectivity index (χ2n) is 5.72. The number of hydrogen-bond donors (Lipinski definition) is 3. The van der Waals surface area contributed by atoms with E-state index in [9.17, 15) is 9.59 Å². The summed E-state index contributed by atoms with van der Waals surface area (Å²) in [5, 5.41) is 13.8. The zero-order chi connectivity index (χ0) is 17.3. The number of carbonyl (C=O) groups is 2. The molecule has 0 bridgehead atoms. The number of likely N-dealkylation sites (N-methyl/N-ethyl adjacent to an activating group) is 1. The predicted molar refractivity (Wildman–Crippen MR) is 91.6 cm³/mol. The van der Waals surface area contributed by atoms with E-state index in [4.69, 9.17) is 5.41 Å². The Kier molecular flexibility index (Phi) is 3.81. The first kappa shape index (κ1) is 15.7. The number of hydrogen-bond acceptors (Lipinski definition) is 3. The van der Waals surface area contributed by atoms with Crippen LogP contribution in [-0.2, 0) is 15.1 Å². The van der Waals surface area contributed by atoms with Gasteiger partial charge in [0.05, 0.1) is 0 Å². The van der Waals surface area contributed by atoms with Crippen molar-refractivity contribution in [3.63, 3.8) is 0 Å². The number of rotatable bonds is 3. The molecule has 1 atom stereocenters. The summed E-state index contributed by atoms with van der Waals surface area (Å²) < 4.78 is 0. The van der Waals surface area contributed by atoms with Gasteiger partial charge in [-0.15, -0.1) is 0 Å². The largest absolute Gasteiger partial charge is 0.334 e. The fourth-order valence-electron chi connectivity index (χ4n) is 2.95. The summed E-state index contributed by atoms with van der Waals surface area (Å²) in [7, 11) is 1.57. The number of guanidine groups is 1. The summed E-state index contributed by atoms with van der Waals surface area (Å²) in [5.41, 5.74) is 0.829. The smallest absolute Gasteiger partial charge is 0.264 e. The first-order chi connectivity index (χ1) is 11.4. The van der Waals surface area contributed by atoms with Crippen molar-refractivity contribution in [1.29, 1.82) is 5.41 Å². The van der Waals surface area contributed by atoms with E-state index in [1.165, 1.54) is 11.8 Å². The topological polar surface area (TPSA) is 85.3 Å². The number of anilines is 1. The molecule has 122 valence electrons. The Labute approximate surface area is 140 Å². The monoisotopic (exact) mass is 322 g/mol. The highest BCUT2D eigenvalue weighted by Crippen LogP contribution is 2.36. The summed E-state index contributed by atoms with van der Waals surface area (Å²) in [6, 6.07) is 16.4. The number of amides is 2. The average molecular weight is 322 g/mol. The van der Waals surface area contributed by atoms with Crippen molar-refractivity contribution in [2.75, 3.05) is 12.4 Å². The normalized spacial score (nSPS) is 20.0. The Hall–Kier alpha value is -3.15. The van der Waals surface area contributed by atoms with Gasteiger partial charge in [0.15, 0.2) is 11.5 Å². The van der Waals surface area contributed by atoms with Crippen molar-refractivity contribution >= 4 is 23.5 Å². The molecule has 24 heavy (non-hydrogen) atoms. The second-order valence-corrected chi connectivity index (χ2v) is 5.72. The molecule has 2 aromatic carbocycles. The summed E-state index contributed by atoms with van der Waals surface area (Å²) in [6.07, 6.45) is 0. The molecule has 1 fully saturated rings. The van der Waals surface area contributed by atoms with Gasteiger partial charge in [0.1, 0.15) is 0 Å². The minimum Gasteiger partial charge on any atom is -0.334 e. The van der Waals surface area contributed by atoms with Gasteiger partial charge in [-0.25, -0.2) is 0 Å². The van der Waals surface area contributed by atoms with E-state index < -0.39 is 5.54 Å². The van der Waals surface area contributed by atoms with Gasteiger partial charge in [0, 0.05) is 19.7 Å². The third-order valence-corrected chi connectivity index (χ3v) is 4.09. The van der Waals surface area contributed by atoms with Gasteiger partial charge in [0.25, 0.3) is 5.91 Å². The van der Waals surface area contributed by atoms with Gasteiger partial charge in [-0.05, 0) is 23.3 Å². The third-order valence-electron chi connectivity index (χ3n) is 4.09. The minimum atomic E-state index is -1.18. The van der Waals surface area contributed by atoms with Crippen LogP contribution in [0, 0.1) is 5.41 Å². The molecule has 1 heterocycles. The van der Waals surface area contributed by atoms with Crippen LogP contribution in [0.15, 0.2) is 54.6 Å². The van der Waals surface area contributed by atoms with Crippen LogP contribution in [-0.4, -0.2) is 29.7 Å². The van der Waals surface area contributed by atoms with Gasteiger partial charge < -0.3 is 10.6 Å². The molecular formula is C18H18N4O2. The Morgan fingerprint density at radius 3 is 2.38 bits per heavy atom. The summed E-state index contributed by atoms with van der Waals surface area (Å²) in [5.74, 6) is -0.385. The lowest BCUT2D eigenvalue weighted by molar-refractivity contribution is -0.129. The van der Waals surface area contributed by atoms with Gasteiger partial charge >= 0.3 is 0 Å². The van der Waals surface area contributed by atoms with Crippen molar-refractivity contribution in [3.05, 3.63) is 65.7 Å². The lowest BCUT2D eigenvalue weighted by Crippen LogP contribution is -2.45. The van der Waals surface area contributed by atoms with E-state index in [1.54, 1.807) is 25.2 Å². The Morgan fingerprint density at radius 2 is 1.79 bits per heavy atom. The van der Waals surface area contributed by atoms with Gasteiger partial charge in [-0.1, -0.05) is 42.5 Å². The molecule has 0 radical (unpaired) electrons. The molecule has 6 nitrogen and oxygen atoms in total. The second kappa shape index (κ2) is 5.81. The van der Waals surface area contributed by atoms with Crippen molar-refractivity contribution in [3.8, 4) is 0 Å². The summed E-state index contributed by atoms with van der Waals surface area (Å²) in [6.45, 7) is 1.43. The minimum absolute atomic E-state index is 0.0359. The number of carbonyl (C=O) groups excluding carboxylic acids is 2. The van der Waals surface area contributed by atoms with Crippen LogP contribution in [0.3, 0.4) is 0 Å². The highest BCUT2D eigenvalue weighted by Gasteiger charge is 2.50. The lowest BCUT2D eigenvalue weighted by Gasteiger charge is -2.28. The highest BCUT2D eigenvalue weighted by atomic mass is 16.2. The SMILES string of the molecule is CC(=O)Nc1cccc(C2(c3ccccc3)NC(=N)N(C)C2=O)c1. The lowest BCUT2D eigenvalue weighted by atomic mass is 9.82. The number of nitrogens with one attached hydrogen (secondary N) is 3. The molecule has 0 aliphatic carbocycles. The van der Waals surface area contributed by atoms with Crippen molar-refractivity contribution in [2.45, 2.75) is 12.5 Å². The molecule has 3 N–H and O–H groups in total. The van der Waals surface area contributed by atoms with Crippen LogP contribution in [0.4, 0.5) is 5.69 Å². The zero-order valence-electron chi connectivity index (χ0n) is 13.5. The van der Waals surface area contributed by atoms with Crippen LogP contribution < -0.4 is 10.6 Å². The summed E-state index contributed by atoms with van der Waals surface area (Å²) in [4.78, 5) is 25.6. The molecular weight excluding hydrogens is 304 g/mol. The molecule has 6 heteroatoms. The maximum Gasteiger partial charge on any atom is 0.264 e. The molecule has 0 saturated carbocycles. The molecule has 2 amide bonds. The van der Waals surface area contributed by atoms with Gasteiger partial charge in [-0.2, -0.15) is 0 Å². The highest BCUT2D eigenvalue weighted by molar-refractivity contribution is 6.10. The average Bonchev–Trinajstić information content (AvgIpc) is 2.80. The van der Waals surface area contributed by atoms with Crippen LogP contribution >= 0.6 is 0 Å². The summed E-state index contributed by atoms with van der Waals surface area (Å²) >= 11 is 0. The van der Waals surface area contributed by atoms with E-state index in [0.29, 0.717) is 11.3 Å². The molecule has 1 saturated heterocycles. The van der Waals surface area contributed by atoms with Crippen molar-refractivity contribution in [2.24, 2.45) is 0 Å². The van der Waals surface area contributed by atoms with Gasteiger partial charge in [0.2, 0.25) is 5.91 Å². The van der Waals surface area contributed by atoms with Gasteiger partial charge in [-0.3, -0.25) is 19.9 Å². The molecule has 1 aliphatic rings. The van der Waals surface area contributed by atoms with E-state index >= 15 is 0 Å². The predicted octanol–water partition coefficient (Wildman–Crippen LogP) is 1.88. The van der Waals surface area contributed by atoms with Crippen molar-refractivity contribution < 1.29 is 9.59 Å². The molecule has 0 aromatic heterocycles. The van der Waals surface area contributed by atoms with E-state index in [2.05, 4.69) is 10.6 Å². The molecule has 1 aliphatic heterocycles.